The number of hydrogen-bond acceptors (Lipinski definition) is 4. The molecule has 4 nitrogen and oxygen atoms in total. The molecule has 3 rings (SSSR count). The normalized spacial score (nSPS) is 10.7. The van der Waals surface area contributed by atoms with E-state index in [0.29, 0.717) is 5.69 Å². The average Bonchev–Trinajstić information content (AvgIpc) is 2.60. The van der Waals surface area contributed by atoms with Crippen molar-refractivity contribution in [2.24, 2.45) is 0 Å². The Morgan fingerprint density at radius 3 is 2.17 bits per heavy atom. The molecule has 1 heterocycles. The highest BCUT2D eigenvalue weighted by Gasteiger charge is 2.16. The van der Waals surface area contributed by atoms with Crippen LogP contribution in [0.3, 0.4) is 0 Å². The van der Waals surface area contributed by atoms with Gasteiger partial charge in [0, 0.05) is 12.3 Å². The maximum Gasteiger partial charge on any atom is 0.178 e. The second-order valence-electron chi connectivity index (χ2n) is 5.63. The van der Waals surface area contributed by atoms with Crippen LogP contribution >= 0.6 is 0 Å². The SMILES string of the molecule is COc1ccc(-c2c(C)c(C(C)=O)nc3ccc(OC)cc23)cc1. The molecule has 0 fully saturated rings. The van der Waals surface area contributed by atoms with Crippen molar-refractivity contribution < 1.29 is 14.3 Å². The Morgan fingerprint density at radius 2 is 1.58 bits per heavy atom. The fourth-order valence-electron chi connectivity index (χ4n) is 2.94. The molecular weight excluding hydrogens is 302 g/mol. The van der Waals surface area contributed by atoms with Crippen LogP contribution in [-0.4, -0.2) is 25.0 Å². The number of methoxy groups -OCH3 is 2. The van der Waals surface area contributed by atoms with E-state index in [2.05, 4.69) is 4.98 Å². The monoisotopic (exact) mass is 321 g/mol. The predicted octanol–water partition coefficient (Wildman–Crippen LogP) is 4.43. The number of pyridine rings is 1. The van der Waals surface area contributed by atoms with E-state index >= 15 is 0 Å². The molecule has 2 aromatic carbocycles. The number of ketones is 1. The number of aromatic nitrogens is 1. The van der Waals surface area contributed by atoms with Gasteiger partial charge in [-0.1, -0.05) is 12.1 Å². The van der Waals surface area contributed by atoms with Crippen molar-refractivity contribution in [3.05, 3.63) is 53.7 Å². The van der Waals surface area contributed by atoms with Gasteiger partial charge in [0.15, 0.2) is 5.78 Å². The Bertz CT molecular complexity index is 914. The molecular formula is C20H19NO3. The van der Waals surface area contributed by atoms with E-state index in [1.807, 2.05) is 49.4 Å². The maximum absolute atomic E-state index is 12.0. The minimum atomic E-state index is -0.0417. The van der Waals surface area contributed by atoms with E-state index in [-0.39, 0.29) is 5.78 Å². The fourth-order valence-corrected chi connectivity index (χ4v) is 2.94. The number of Topliss-reactive ketones (excluding diaryl/α,β-unsaturated/α-hetero) is 1. The molecule has 0 atom stereocenters. The fraction of sp³-hybridized carbons (Fsp3) is 0.200. The summed E-state index contributed by atoms with van der Waals surface area (Å²) >= 11 is 0. The highest BCUT2D eigenvalue weighted by Crippen LogP contribution is 2.35. The minimum Gasteiger partial charge on any atom is -0.497 e. The number of carbonyl (C=O) groups is 1. The zero-order chi connectivity index (χ0) is 17.3. The molecule has 0 spiro atoms. The topological polar surface area (TPSA) is 48.4 Å². The number of ether oxygens (including phenoxy) is 2. The van der Waals surface area contributed by atoms with E-state index in [1.165, 1.54) is 0 Å². The highest BCUT2D eigenvalue weighted by molar-refractivity contribution is 6.04. The Labute approximate surface area is 141 Å². The van der Waals surface area contributed by atoms with Crippen LogP contribution in [0, 0.1) is 6.92 Å². The molecule has 3 aromatic rings. The maximum atomic E-state index is 12.0. The number of carbonyl (C=O) groups excluding carboxylic acids is 1. The Hall–Kier alpha value is -2.88. The van der Waals surface area contributed by atoms with Gasteiger partial charge in [-0.05, 0) is 53.9 Å². The quantitative estimate of drug-likeness (QED) is 0.667. The Morgan fingerprint density at radius 1 is 0.958 bits per heavy atom. The molecule has 0 aliphatic rings. The molecule has 0 saturated heterocycles. The molecule has 0 amide bonds. The largest absolute Gasteiger partial charge is 0.497 e. The van der Waals surface area contributed by atoms with Crippen LogP contribution in [-0.2, 0) is 0 Å². The van der Waals surface area contributed by atoms with E-state index < -0.39 is 0 Å². The summed E-state index contributed by atoms with van der Waals surface area (Å²) < 4.78 is 10.6. The number of nitrogens with zero attached hydrogens (tertiary/aromatic N) is 1. The second kappa shape index (κ2) is 6.32. The number of fused-ring (bicyclic) bond motifs is 1. The van der Waals surface area contributed by atoms with Crippen LogP contribution < -0.4 is 9.47 Å². The zero-order valence-electron chi connectivity index (χ0n) is 14.2. The lowest BCUT2D eigenvalue weighted by Crippen LogP contribution is -2.03. The molecule has 0 radical (unpaired) electrons. The molecule has 0 N–H and O–H groups in total. The molecule has 0 aliphatic heterocycles. The summed E-state index contributed by atoms with van der Waals surface area (Å²) in [6.45, 7) is 3.48. The van der Waals surface area contributed by atoms with Crippen molar-refractivity contribution in [1.29, 1.82) is 0 Å². The number of hydrogen-bond donors (Lipinski definition) is 0. The van der Waals surface area contributed by atoms with E-state index in [0.717, 1.165) is 39.1 Å². The summed E-state index contributed by atoms with van der Waals surface area (Å²) in [5, 5.41) is 0.960. The number of rotatable bonds is 4. The summed E-state index contributed by atoms with van der Waals surface area (Å²) in [7, 11) is 3.28. The second-order valence-corrected chi connectivity index (χ2v) is 5.63. The summed E-state index contributed by atoms with van der Waals surface area (Å²) in [5.41, 5.74) is 4.15. The van der Waals surface area contributed by atoms with Crippen molar-refractivity contribution in [1.82, 2.24) is 4.98 Å². The zero-order valence-corrected chi connectivity index (χ0v) is 14.2. The lowest BCUT2D eigenvalue weighted by molar-refractivity contribution is 0.101. The lowest BCUT2D eigenvalue weighted by atomic mass is 9.94. The van der Waals surface area contributed by atoms with Crippen molar-refractivity contribution in [3.8, 4) is 22.6 Å². The van der Waals surface area contributed by atoms with Crippen LogP contribution in [0.4, 0.5) is 0 Å². The van der Waals surface area contributed by atoms with Gasteiger partial charge in [-0.3, -0.25) is 4.79 Å². The lowest BCUT2D eigenvalue weighted by Gasteiger charge is -2.15. The van der Waals surface area contributed by atoms with Crippen LogP contribution in [0.2, 0.25) is 0 Å². The van der Waals surface area contributed by atoms with E-state index in [4.69, 9.17) is 9.47 Å². The first-order valence-corrected chi connectivity index (χ1v) is 7.69. The van der Waals surface area contributed by atoms with Crippen molar-refractivity contribution in [2.75, 3.05) is 14.2 Å². The molecule has 0 aliphatic carbocycles. The van der Waals surface area contributed by atoms with Crippen molar-refractivity contribution >= 4 is 16.7 Å². The van der Waals surface area contributed by atoms with Crippen molar-refractivity contribution in [3.63, 3.8) is 0 Å². The molecule has 1 aromatic heterocycles. The first kappa shape index (κ1) is 16.0. The van der Waals surface area contributed by atoms with Gasteiger partial charge in [0.25, 0.3) is 0 Å². The Balaban J connectivity index is 2.36. The van der Waals surface area contributed by atoms with Crippen molar-refractivity contribution in [2.45, 2.75) is 13.8 Å². The van der Waals surface area contributed by atoms with Crippen LogP contribution in [0.1, 0.15) is 23.0 Å². The standard InChI is InChI=1S/C20H19NO3/c1-12-19(14-5-7-15(23-3)8-6-14)17-11-16(24-4)9-10-18(17)21-20(12)13(2)22/h5-11H,1-4H3. The van der Waals surface area contributed by atoms with Crippen LogP contribution in [0.15, 0.2) is 42.5 Å². The molecule has 122 valence electrons. The van der Waals surface area contributed by atoms with E-state index in [9.17, 15) is 4.79 Å². The van der Waals surface area contributed by atoms with Gasteiger partial charge in [0.1, 0.15) is 17.2 Å². The van der Waals surface area contributed by atoms with Gasteiger partial charge >= 0.3 is 0 Å². The van der Waals surface area contributed by atoms with Gasteiger partial charge in [-0.25, -0.2) is 4.98 Å². The molecule has 4 heteroatoms. The van der Waals surface area contributed by atoms with Crippen LogP contribution in [0.5, 0.6) is 11.5 Å². The summed E-state index contributed by atoms with van der Waals surface area (Å²) in [4.78, 5) is 16.5. The third kappa shape index (κ3) is 2.71. The van der Waals surface area contributed by atoms with Gasteiger partial charge in [0.2, 0.25) is 0 Å². The van der Waals surface area contributed by atoms with Gasteiger partial charge < -0.3 is 9.47 Å². The molecule has 0 unspecified atom stereocenters. The average molecular weight is 321 g/mol. The first-order chi connectivity index (χ1) is 11.5. The third-order valence-electron chi connectivity index (χ3n) is 4.15. The summed E-state index contributed by atoms with van der Waals surface area (Å²) in [5.74, 6) is 1.51. The Kier molecular flexibility index (Phi) is 4.21. The third-order valence-corrected chi connectivity index (χ3v) is 4.15. The molecule has 24 heavy (non-hydrogen) atoms. The smallest absolute Gasteiger partial charge is 0.178 e. The highest BCUT2D eigenvalue weighted by atomic mass is 16.5. The summed E-state index contributed by atoms with van der Waals surface area (Å²) in [6, 6.07) is 13.5. The number of benzene rings is 2. The predicted molar refractivity (Wildman–Crippen MR) is 95.0 cm³/mol. The molecule has 0 saturated carbocycles. The minimum absolute atomic E-state index is 0.0417. The van der Waals surface area contributed by atoms with E-state index in [1.54, 1.807) is 21.1 Å². The van der Waals surface area contributed by atoms with Gasteiger partial charge in [-0.2, -0.15) is 0 Å². The van der Waals surface area contributed by atoms with Crippen LogP contribution in [0.25, 0.3) is 22.0 Å². The molecule has 0 bridgehead atoms. The summed E-state index contributed by atoms with van der Waals surface area (Å²) in [6.07, 6.45) is 0. The van der Waals surface area contributed by atoms with Gasteiger partial charge in [0.05, 0.1) is 19.7 Å². The van der Waals surface area contributed by atoms with Gasteiger partial charge in [-0.15, -0.1) is 0 Å². The first-order valence-electron chi connectivity index (χ1n) is 7.69.